The van der Waals surface area contributed by atoms with Gasteiger partial charge in [0, 0.05) is 12.4 Å². The fraction of sp³-hybridized carbons (Fsp3) is 0.154. The molecule has 5 heteroatoms. The van der Waals surface area contributed by atoms with Gasteiger partial charge in [-0.3, -0.25) is 0 Å². The minimum Gasteiger partial charge on any atom is -0.495 e. The number of hydrogen-bond acceptors (Lipinski definition) is 4. The standard InChI is InChI=1S/C13H13NO3S/c1-14(9-7-12(13(15)16)18-8-9)10-5-3-4-6-11(10)17-2/h3-8H,1-2H3,(H,15,16). The molecule has 0 radical (unpaired) electrons. The Bertz CT molecular complexity index is 565. The van der Waals surface area contributed by atoms with Crippen LogP contribution in [0.25, 0.3) is 0 Å². The molecule has 2 rings (SSSR count). The van der Waals surface area contributed by atoms with Crippen molar-refractivity contribution in [2.45, 2.75) is 0 Å². The van der Waals surface area contributed by atoms with E-state index in [4.69, 9.17) is 9.84 Å². The molecule has 1 heterocycles. The molecule has 0 bridgehead atoms. The van der Waals surface area contributed by atoms with Crippen molar-refractivity contribution < 1.29 is 14.6 Å². The lowest BCUT2D eigenvalue weighted by atomic mass is 10.2. The molecular formula is C13H13NO3S. The molecule has 0 aliphatic heterocycles. The summed E-state index contributed by atoms with van der Waals surface area (Å²) in [6, 6.07) is 9.26. The van der Waals surface area contributed by atoms with Gasteiger partial charge >= 0.3 is 5.97 Å². The molecule has 1 N–H and O–H groups in total. The van der Waals surface area contributed by atoms with Crippen LogP contribution in [0.2, 0.25) is 0 Å². The Kier molecular flexibility index (Phi) is 3.53. The molecule has 1 aromatic heterocycles. The molecule has 1 aromatic carbocycles. The maximum Gasteiger partial charge on any atom is 0.345 e. The molecular weight excluding hydrogens is 250 g/mol. The van der Waals surface area contributed by atoms with Gasteiger partial charge in [0.25, 0.3) is 0 Å². The van der Waals surface area contributed by atoms with Crippen molar-refractivity contribution >= 4 is 28.7 Å². The van der Waals surface area contributed by atoms with Crippen LogP contribution in [0.4, 0.5) is 11.4 Å². The lowest BCUT2D eigenvalue weighted by Gasteiger charge is -2.20. The van der Waals surface area contributed by atoms with E-state index in [1.54, 1.807) is 13.2 Å². The van der Waals surface area contributed by atoms with Crippen LogP contribution in [0.15, 0.2) is 35.7 Å². The summed E-state index contributed by atoms with van der Waals surface area (Å²) < 4.78 is 5.29. The third-order valence-electron chi connectivity index (χ3n) is 2.63. The van der Waals surface area contributed by atoms with Gasteiger partial charge in [-0.2, -0.15) is 0 Å². The number of carbonyl (C=O) groups is 1. The van der Waals surface area contributed by atoms with E-state index in [0.717, 1.165) is 17.1 Å². The van der Waals surface area contributed by atoms with Crippen molar-refractivity contribution in [3.8, 4) is 5.75 Å². The fourth-order valence-corrected chi connectivity index (χ4v) is 2.42. The minimum absolute atomic E-state index is 0.326. The van der Waals surface area contributed by atoms with Gasteiger partial charge in [-0.15, -0.1) is 11.3 Å². The number of carboxylic acids is 1. The van der Waals surface area contributed by atoms with Crippen LogP contribution in [0.3, 0.4) is 0 Å². The van der Waals surface area contributed by atoms with Crippen molar-refractivity contribution in [3.63, 3.8) is 0 Å². The van der Waals surface area contributed by atoms with E-state index >= 15 is 0 Å². The minimum atomic E-state index is -0.903. The van der Waals surface area contributed by atoms with Gasteiger partial charge in [0.05, 0.1) is 18.5 Å². The monoisotopic (exact) mass is 263 g/mol. The Labute approximate surface area is 109 Å². The Morgan fingerprint density at radius 3 is 2.72 bits per heavy atom. The summed E-state index contributed by atoms with van der Waals surface area (Å²) in [6.07, 6.45) is 0. The van der Waals surface area contributed by atoms with Gasteiger partial charge in [-0.1, -0.05) is 12.1 Å². The number of ether oxygens (including phenoxy) is 1. The molecule has 4 nitrogen and oxygen atoms in total. The summed E-state index contributed by atoms with van der Waals surface area (Å²) in [6.45, 7) is 0. The number of thiophene rings is 1. The highest BCUT2D eigenvalue weighted by molar-refractivity contribution is 7.12. The average molecular weight is 263 g/mol. The molecule has 0 atom stereocenters. The van der Waals surface area contributed by atoms with Gasteiger partial charge in [0.15, 0.2) is 0 Å². The van der Waals surface area contributed by atoms with Crippen LogP contribution in [0.5, 0.6) is 5.75 Å². The van der Waals surface area contributed by atoms with Crippen molar-refractivity contribution in [1.29, 1.82) is 0 Å². The summed E-state index contributed by atoms with van der Waals surface area (Å²) in [5, 5.41) is 10.7. The Morgan fingerprint density at radius 1 is 1.39 bits per heavy atom. The lowest BCUT2D eigenvalue weighted by molar-refractivity contribution is 0.0702. The molecule has 94 valence electrons. The summed E-state index contributed by atoms with van der Waals surface area (Å²) >= 11 is 1.21. The predicted octanol–water partition coefficient (Wildman–Crippen LogP) is 3.22. The van der Waals surface area contributed by atoms with E-state index in [2.05, 4.69) is 0 Å². The van der Waals surface area contributed by atoms with Crippen LogP contribution >= 0.6 is 11.3 Å². The number of rotatable bonds is 4. The smallest absolute Gasteiger partial charge is 0.345 e. The first-order valence-electron chi connectivity index (χ1n) is 5.32. The molecule has 0 saturated carbocycles. The van der Waals surface area contributed by atoms with Gasteiger partial charge in [0.1, 0.15) is 10.6 Å². The zero-order valence-corrected chi connectivity index (χ0v) is 10.9. The molecule has 0 amide bonds. The Hall–Kier alpha value is -2.01. The summed E-state index contributed by atoms with van der Waals surface area (Å²) in [7, 11) is 3.49. The van der Waals surface area contributed by atoms with Gasteiger partial charge in [-0.25, -0.2) is 4.79 Å². The first-order chi connectivity index (χ1) is 8.63. The maximum atomic E-state index is 10.9. The summed E-state index contributed by atoms with van der Waals surface area (Å²) in [4.78, 5) is 13.1. The molecule has 0 saturated heterocycles. The molecule has 2 aromatic rings. The van der Waals surface area contributed by atoms with Crippen molar-refractivity contribution in [1.82, 2.24) is 0 Å². The number of benzene rings is 1. The molecule has 0 aliphatic rings. The van der Waals surface area contributed by atoms with Gasteiger partial charge in [0.2, 0.25) is 0 Å². The predicted molar refractivity (Wildman–Crippen MR) is 72.3 cm³/mol. The zero-order chi connectivity index (χ0) is 13.1. The number of aromatic carboxylic acids is 1. The second-order valence-corrected chi connectivity index (χ2v) is 4.62. The second kappa shape index (κ2) is 5.10. The normalized spacial score (nSPS) is 10.1. The summed E-state index contributed by atoms with van der Waals surface area (Å²) in [5.74, 6) is -0.150. The van der Waals surface area contributed by atoms with Crippen LogP contribution in [-0.4, -0.2) is 25.2 Å². The van der Waals surface area contributed by atoms with E-state index in [1.165, 1.54) is 11.3 Å². The molecule has 0 fully saturated rings. The van der Waals surface area contributed by atoms with Crippen molar-refractivity contribution in [2.24, 2.45) is 0 Å². The maximum absolute atomic E-state index is 10.9. The van der Waals surface area contributed by atoms with Crippen molar-refractivity contribution in [3.05, 3.63) is 40.6 Å². The van der Waals surface area contributed by atoms with E-state index < -0.39 is 5.97 Å². The fourth-order valence-electron chi connectivity index (χ4n) is 1.66. The zero-order valence-electron chi connectivity index (χ0n) is 10.1. The lowest BCUT2D eigenvalue weighted by Crippen LogP contribution is -2.09. The number of carboxylic acid groups (broad SMARTS) is 1. The van der Waals surface area contributed by atoms with Crippen molar-refractivity contribution in [2.75, 3.05) is 19.1 Å². The summed E-state index contributed by atoms with van der Waals surface area (Å²) in [5.41, 5.74) is 1.73. The number of para-hydroxylation sites is 2. The molecule has 18 heavy (non-hydrogen) atoms. The van der Waals surface area contributed by atoms with E-state index in [9.17, 15) is 4.79 Å². The Balaban J connectivity index is 2.35. The van der Waals surface area contributed by atoms with Crippen LogP contribution in [0.1, 0.15) is 9.67 Å². The molecule has 0 aliphatic carbocycles. The highest BCUT2D eigenvalue weighted by Gasteiger charge is 2.13. The van der Waals surface area contributed by atoms with Gasteiger partial charge in [-0.05, 0) is 18.2 Å². The molecule has 0 spiro atoms. The average Bonchev–Trinajstić information content (AvgIpc) is 2.87. The largest absolute Gasteiger partial charge is 0.495 e. The first kappa shape index (κ1) is 12.4. The van der Waals surface area contributed by atoms with Crippen LogP contribution < -0.4 is 9.64 Å². The molecule has 0 unspecified atom stereocenters. The SMILES string of the molecule is COc1ccccc1N(C)c1csc(C(=O)O)c1. The first-order valence-corrected chi connectivity index (χ1v) is 6.20. The third kappa shape index (κ3) is 2.31. The van der Waals surface area contributed by atoms with E-state index in [1.807, 2.05) is 41.6 Å². The second-order valence-electron chi connectivity index (χ2n) is 3.71. The highest BCUT2D eigenvalue weighted by atomic mass is 32.1. The number of anilines is 2. The van der Waals surface area contributed by atoms with Crippen LogP contribution in [-0.2, 0) is 0 Å². The van der Waals surface area contributed by atoms with E-state index in [0.29, 0.717) is 4.88 Å². The quantitative estimate of drug-likeness (QED) is 0.920. The van der Waals surface area contributed by atoms with E-state index in [-0.39, 0.29) is 0 Å². The number of nitrogens with zero attached hydrogens (tertiary/aromatic N) is 1. The topological polar surface area (TPSA) is 49.8 Å². The van der Waals surface area contributed by atoms with Crippen LogP contribution in [0, 0.1) is 0 Å². The highest BCUT2D eigenvalue weighted by Crippen LogP contribution is 2.34. The third-order valence-corrected chi connectivity index (χ3v) is 3.54. The van der Waals surface area contributed by atoms with Gasteiger partial charge < -0.3 is 14.7 Å². The number of methoxy groups -OCH3 is 1. The Morgan fingerprint density at radius 2 is 2.11 bits per heavy atom. The number of hydrogen-bond donors (Lipinski definition) is 1.